The number of rotatable bonds is 5. The summed E-state index contributed by atoms with van der Waals surface area (Å²) in [4.78, 5) is 11.8. The Morgan fingerprint density at radius 2 is 1.75 bits per heavy atom. The van der Waals surface area contributed by atoms with Crippen molar-refractivity contribution in [1.29, 1.82) is 0 Å². The summed E-state index contributed by atoms with van der Waals surface area (Å²) in [5.74, 6) is -0.327. The van der Waals surface area contributed by atoms with Crippen molar-refractivity contribution in [1.82, 2.24) is 20.4 Å². The lowest BCUT2D eigenvalue weighted by molar-refractivity contribution is 0.240. The van der Waals surface area contributed by atoms with Crippen molar-refractivity contribution >= 4 is 6.03 Å². The second-order valence-electron chi connectivity index (χ2n) is 5.24. The first-order valence-electron chi connectivity index (χ1n) is 7.56. The zero-order valence-corrected chi connectivity index (χ0v) is 12.9. The SMILES string of the molecule is O=C(NCc1ccc(-n2cccn2)cc1)NCc1ccccc1F. The van der Waals surface area contributed by atoms with E-state index in [2.05, 4.69) is 15.7 Å². The van der Waals surface area contributed by atoms with Crippen LogP contribution in [-0.2, 0) is 13.1 Å². The van der Waals surface area contributed by atoms with Gasteiger partial charge in [-0.2, -0.15) is 5.10 Å². The van der Waals surface area contributed by atoms with Gasteiger partial charge in [-0.05, 0) is 29.8 Å². The lowest BCUT2D eigenvalue weighted by atomic mass is 10.2. The normalized spacial score (nSPS) is 10.4. The molecule has 3 rings (SSSR count). The van der Waals surface area contributed by atoms with Crippen LogP contribution in [-0.4, -0.2) is 15.8 Å². The van der Waals surface area contributed by atoms with E-state index in [4.69, 9.17) is 0 Å². The van der Waals surface area contributed by atoms with Gasteiger partial charge in [-0.1, -0.05) is 30.3 Å². The minimum absolute atomic E-state index is 0.150. The van der Waals surface area contributed by atoms with Crippen LogP contribution in [0.1, 0.15) is 11.1 Å². The van der Waals surface area contributed by atoms with E-state index in [1.807, 2.05) is 36.5 Å². The monoisotopic (exact) mass is 324 g/mol. The summed E-state index contributed by atoms with van der Waals surface area (Å²) in [6.45, 7) is 0.541. The Hall–Kier alpha value is -3.15. The molecule has 0 radical (unpaired) electrons. The molecular weight excluding hydrogens is 307 g/mol. The fraction of sp³-hybridized carbons (Fsp3) is 0.111. The predicted molar refractivity (Wildman–Crippen MR) is 89.0 cm³/mol. The molecule has 0 saturated heterocycles. The zero-order valence-electron chi connectivity index (χ0n) is 12.9. The van der Waals surface area contributed by atoms with Crippen LogP contribution in [0.4, 0.5) is 9.18 Å². The third-order valence-corrected chi connectivity index (χ3v) is 3.56. The Kier molecular flexibility index (Phi) is 4.86. The second kappa shape index (κ2) is 7.41. The number of hydrogen-bond donors (Lipinski definition) is 2. The number of amides is 2. The number of urea groups is 1. The molecule has 1 heterocycles. The van der Waals surface area contributed by atoms with Crippen LogP contribution in [0.5, 0.6) is 0 Å². The summed E-state index contributed by atoms with van der Waals surface area (Å²) in [7, 11) is 0. The highest BCUT2D eigenvalue weighted by molar-refractivity contribution is 5.73. The fourth-order valence-electron chi connectivity index (χ4n) is 2.25. The van der Waals surface area contributed by atoms with Crippen LogP contribution in [0, 0.1) is 5.82 Å². The smallest absolute Gasteiger partial charge is 0.315 e. The Balaban J connectivity index is 1.48. The van der Waals surface area contributed by atoms with Gasteiger partial charge in [0.15, 0.2) is 0 Å². The van der Waals surface area contributed by atoms with E-state index in [9.17, 15) is 9.18 Å². The molecule has 0 atom stereocenters. The summed E-state index contributed by atoms with van der Waals surface area (Å²) in [5, 5.41) is 9.54. The Bertz CT molecular complexity index is 800. The predicted octanol–water partition coefficient (Wildman–Crippen LogP) is 3.01. The lowest BCUT2D eigenvalue weighted by Gasteiger charge is -2.09. The highest BCUT2D eigenvalue weighted by Gasteiger charge is 2.04. The molecule has 2 aromatic carbocycles. The van der Waals surface area contributed by atoms with Crippen LogP contribution in [0.15, 0.2) is 67.0 Å². The van der Waals surface area contributed by atoms with Crippen LogP contribution in [0.25, 0.3) is 5.69 Å². The molecule has 3 aromatic rings. The molecule has 5 nitrogen and oxygen atoms in total. The first-order valence-corrected chi connectivity index (χ1v) is 7.56. The van der Waals surface area contributed by atoms with Gasteiger partial charge >= 0.3 is 6.03 Å². The van der Waals surface area contributed by atoms with Crippen molar-refractivity contribution in [3.63, 3.8) is 0 Å². The molecule has 0 spiro atoms. The van der Waals surface area contributed by atoms with Gasteiger partial charge in [0.2, 0.25) is 0 Å². The van der Waals surface area contributed by atoms with Gasteiger partial charge in [-0.3, -0.25) is 0 Å². The highest BCUT2D eigenvalue weighted by atomic mass is 19.1. The summed E-state index contributed by atoms with van der Waals surface area (Å²) in [6.07, 6.45) is 3.58. The number of carbonyl (C=O) groups excluding carboxylic acids is 1. The molecule has 122 valence electrons. The number of halogens is 1. The summed E-state index contributed by atoms with van der Waals surface area (Å²) in [6, 6.07) is 15.6. The maximum Gasteiger partial charge on any atom is 0.315 e. The van der Waals surface area contributed by atoms with Gasteiger partial charge in [0.05, 0.1) is 5.69 Å². The van der Waals surface area contributed by atoms with E-state index in [0.717, 1.165) is 11.3 Å². The van der Waals surface area contributed by atoms with Crippen molar-refractivity contribution in [2.75, 3.05) is 0 Å². The van der Waals surface area contributed by atoms with Crippen LogP contribution in [0.3, 0.4) is 0 Å². The Morgan fingerprint density at radius 3 is 2.46 bits per heavy atom. The fourth-order valence-corrected chi connectivity index (χ4v) is 2.25. The average Bonchev–Trinajstić information content (AvgIpc) is 3.14. The van der Waals surface area contributed by atoms with Gasteiger partial charge < -0.3 is 10.6 Å². The molecule has 2 N–H and O–H groups in total. The molecule has 0 bridgehead atoms. The van der Waals surface area contributed by atoms with Crippen LogP contribution < -0.4 is 10.6 Å². The first kappa shape index (κ1) is 15.7. The standard InChI is InChI=1S/C18H17FN4O/c19-17-5-2-1-4-15(17)13-21-18(24)20-12-14-6-8-16(9-7-14)23-11-3-10-22-23/h1-11H,12-13H2,(H2,20,21,24). The van der Waals surface area contributed by atoms with Crippen LogP contribution >= 0.6 is 0 Å². The molecule has 2 amide bonds. The van der Waals surface area contributed by atoms with Crippen molar-refractivity contribution in [3.8, 4) is 5.69 Å². The number of aromatic nitrogens is 2. The minimum atomic E-state index is -0.339. The number of carbonyl (C=O) groups is 1. The van der Waals surface area contributed by atoms with E-state index in [0.29, 0.717) is 12.1 Å². The maximum absolute atomic E-state index is 13.5. The zero-order chi connectivity index (χ0) is 16.8. The highest BCUT2D eigenvalue weighted by Crippen LogP contribution is 2.08. The molecule has 0 aliphatic carbocycles. The van der Waals surface area contributed by atoms with E-state index < -0.39 is 0 Å². The Labute approximate surface area is 139 Å². The van der Waals surface area contributed by atoms with Crippen LogP contribution in [0.2, 0.25) is 0 Å². The molecule has 0 aliphatic rings. The van der Waals surface area contributed by atoms with Gasteiger partial charge in [0.25, 0.3) is 0 Å². The van der Waals surface area contributed by atoms with E-state index >= 15 is 0 Å². The third-order valence-electron chi connectivity index (χ3n) is 3.56. The first-order chi connectivity index (χ1) is 11.7. The van der Waals surface area contributed by atoms with Crippen molar-refractivity contribution in [2.45, 2.75) is 13.1 Å². The molecule has 1 aromatic heterocycles. The number of nitrogens with one attached hydrogen (secondary N) is 2. The minimum Gasteiger partial charge on any atom is -0.334 e. The molecule has 0 fully saturated rings. The van der Waals surface area contributed by atoms with E-state index in [-0.39, 0.29) is 18.4 Å². The summed E-state index contributed by atoms with van der Waals surface area (Å²) in [5.41, 5.74) is 2.37. The third kappa shape index (κ3) is 3.98. The lowest BCUT2D eigenvalue weighted by Crippen LogP contribution is -2.34. The summed E-state index contributed by atoms with van der Waals surface area (Å²) < 4.78 is 15.2. The molecule has 24 heavy (non-hydrogen) atoms. The molecule has 0 saturated carbocycles. The number of benzene rings is 2. The van der Waals surface area contributed by atoms with E-state index in [1.54, 1.807) is 29.1 Å². The topological polar surface area (TPSA) is 59.0 Å². The number of hydrogen-bond acceptors (Lipinski definition) is 2. The van der Waals surface area contributed by atoms with Gasteiger partial charge in [0.1, 0.15) is 5.82 Å². The van der Waals surface area contributed by atoms with E-state index in [1.165, 1.54) is 6.07 Å². The second-order valence-corrected chi connectivity index (χ2v) is 5.24. The molecular formula is C18H17FN4O. The maximum atomic E-state index is 13.5. The van der Waals surface area contributed by atoms with Crippen molar-refractivity contribution in [3.05, 3.63) is 83.9 Å². The molecule has 0 aliphatic heterocycles. The van der Waals surface area contributed by atoms with Gasteiger partial charge in [-0.15, -0.1) is 0 Å². The quantitative estimate of drug-likeness (QED) is 0.758. The van der Waals surface area contributed by atoms with Crippen molar-refractivity contribution < 1.29 is 9.18 Å². The number of nitrogens with zero attached hydrogens (tertiary/aromatic N) is 2. The van der Waals surface area contributed by atoms with Gasteiger partial charge in [0, 0.05) is 31.0 Å². The molecule has 6 heteroatoms. The Morgan fingerprint density at radius 1 is 1.00 bits per heavy atom. The summed E-state index contributed by atoms with van der Waals surface area (Å²) >= 11 is 0. The van der Waals surface area contributed by atoms with Crippen molar-refractivity contribution in [2.24, 2.45) is 0 Å². The van der Waals surface area contributed by atoms with Gasteiger partial charge in [-0.25, -0.2) is 13.9 Å². The average molecular weight is 324 g/mol. The molecule has 0 unspecified atom stereocenters. The largest absolute Gasteiger partial charge is 0.334 e.